The molecule has 9 nitrogen and oxygen atoms in total. The van der Waals surface area contributed by atoms with Crippen molar-refractivity contribution >= 4 is 34.3 Å². The second kappa shape index (κ2) is 10.4. The average molecular weight is 510 g/mol. The van der Waals surface area contributed by atoms with Gasteiger partial charge in [-0.25, -0.2) is 0 Å². The quantitative estimate of drug-likeness (QED) is 0.141. The molecule has 0 aliphatic carbocycles. The number of carbonyl (C=O) groups is 1. The number of phenols is 1. The predicted molar refractivity (Wildman–Crippen MR) is 145 cm³/mol. The van der Waals surface area contributed by atoms with E-state index in [0.29, 0.717) is 53.0 Å². The van der Waals surface area contributed by atoms with Crippen LogP contribution in [0.5, 0.6) is 23.0 Å². The van der Waals surface area contributed by atoms with Gasteiger partial charge in [0, 0.05) is 30.3 Å². The molecule has 0 radical (unpaired) electrons. The number of pyridine rings is 1. The predicted octanol–water partition coefficient (Wildman–Crippen LogP) is 4.55. The van der Waals surface area contributed by atoms with Crippen LogP contribution in [0.3, 0.4) is 0 Å². The Morgan fingerprint density at radius 3 is 2.47 bits per heavy atom. The Hall–Kier alpha value is -5.18. The lowest BCUT2D eigenvalue weighted by atomic mass is 10.1. The maximum Gasteiger partial charge on any atom is 0.253 e. The zero-order valence-electron chi connectivity index (χ0n) is 20.4. The first-order chi connectivity index (χ1) is 18.5. The Balaban J connectivity index is 1.32. The zero-order valence-corrected chi connectivity index (χ0v) is 20.4. The summed E-state index contributed by atoms with van der Waals surface area (Å²) in [6.07, 6.45) is 2.93. The van der Waals surface area contributed by atoms with Crippen LogP contribution in [-0.2, 0) is 6.42 Å². The fraction of sp³-hybridized carbons (Fsp3) is 0.103. The first-order valence-electron chi connectivity index (χ1n) is 11.8. The van der Waals surface area contributed by atoms with Crippen molar-refractivity contribution in [2.75, 3.05) is 24.3 Å². The summed E-state index contributed by atoms with van der Waals surface area (Å²) in [5.41, 5.74) is 1.29. The molecule has 1 heterocycles. The van der Waals surface area contributed by atoms with Crippen LogP contribution in [0.2, 0.25) is 0 Å². The van der Waals surface area contributed by atoms with Crippen LogP contribution in [0, 0.1) is 0 Å². The highest BCUT2D eigenvalue weighted by atomic mass is 16.5. The van der Waals surface area contributed by atoms with E-state index in [9.17, 15) is 19.5 Å². The average Bonchev–Trinajstić information content (AvgIpc) is 2.95. The monoisotopic (exact) mass is 509 g/mol. The van der Waals surface area contributed by atoms with Crippen molar-refractivity contribution in [3.8, 4) is 23.0 Å². The fourth-order valence-corrected chi connectivity index (χ4v) is 4.12. The summed E-state index contributed by atoms with van der Waals surface area (Å²) in [6.45, 7) is 0.472. The van der Waals surface area contributed by atoms with Crippen molar-refractivity contribution in [3.05, 3.63) is 105 Å². The van der Waals surface area contributed by atoms with Crippen molar-refractivity contribution in [3.63, 3.8) is 0 Å². The van der Waals surface area contributed by atoms with Gasteiger partial charge >= 0.3 is 0 Å². The molecule has 1 aromatic heterocycles. The molecule has 3 N–H and O–H groups in total. The Morgan fingerprint density at radius 2 is 1.74 bits per heavy atom. The Labute approximate surface area is 217 Å². The number of hydrogen-bond donors (Lipinski definition) is 3. The maximum atomic E-state index is 12.2. The van der Waals surface area contributed by atoms with E-state index in [2.05, 4.69) is 15.6 Å². The van der Waals surface area contributed by atoms with Crippen molar-refractivity contribution in [2.45, 2.75) is 6.42 Å². The van der Waals surface area contributed by atoms with Crippen LogP contribution in [0.4, 0.5) is 17.1 Å². The fourth-order valence-electron chi connectivity index (χ4n) is 4.12. The lowest BCUT2D eigenvalue weighted by Gasteiger charge is -2.16. The minimum absolute atomic E-state index is 0.0995. The molecule has 9 heteroatoms. The van der Waals surface area contributed by atoms with E-state index in [-0.39, 0.29) is 22.8 Å². The van der Waals surface area contributed by atoms with Crippen LogP contribution < -0.4 is 31.0 Å². The van der Waals surface area contributed by atoms with E-state index in [4.69, 9.17) is 9.47 Å². The number of rotatable bonds is 10. The summed E-state index contributed by atoms with van der Waals surface area (Å²) < 4.78 is 11.2. The Morgan fingerprint density at radius 1 is 0.947 bits per heavy atom. The first kappa shape index (κ1) is 24.5. The van der Waals surface area contributed by atoms with Gasteiger partial charge in [0.05, 0.1) is 23.9 Å². The molecule has 0 saturated carbocycles. The van der Waals surface area contributed by atoms with Crippen LogP contribution >= 0.6 is 0 Å². The molecule has 190 valence electrons. The lowest BCUT2D eigenvalue weighted by Crippen LogP contribution is -2.37. The molecule has 0 bridgehead atoms. The van der Waals surface area contributed by atoms with E-state index in [1.54, 1.807) is 36.5 Å². The third kappa shape index (κ3) is 4.77. The molecule has 5 aromatic rings. The molecule has 0 aliphatic heterocycles. The number of nitrogens with zero attached hydrogens (tertiary/aromatic N) is 1. The van der Waals surface area contributed by atoms with Gasteiger partial charge in [0.25, 0.3) is 10.9 Å². The summed E-state index contributed by atoms with van der Waals surface area (Å²) in [5.74, 6) is 0.959. The third-order valence-electron chi connectivity index (χ3n) is 6.11. The summed E-state index contributed by atoms with van der Waals surface area (Å²) >= 11 is 0. The number of aromatic nitrogens is 1. The highest BCUT2D eigenvalue weighted by Gasteiger charge is 2.22. The number of nitrogens with one attached hydrogen (secondary N) is 2. The molecule has 0 fully saturated rings. The van der Waals surface area contributed by atoms with E-state index in [1.807, 2.05) is 30.3 Å². The second-order valence-corrected chi connectivity index (χ2v) is 8.51. The molecular weight excluding hydrogens is 486 g/mol. The number of fused-ring (bicyclic) bond motifs is 1. The Bertz CT molecular complexity index is 1710. The highest BCUT2D eigenvalue weighted by molar-refractivity contribution is 5.93. The molecule has 0 amide bonds. The number of methoxy groups -OCH3 is 1. The van der Waals surface area contributed by atoms with Gasteiger partial charge in [-0.05, 0) is 36.2 Å². The topological polar surface area (TPSA) is 127 Å². The Kier molecular flexibility index (Phi) is 6.73. The smallest absolute Gasteiger partial charge is 0.253 e. The summed E-state index contributed by atoms with van der Waals surface area (Å²) in [4.78, 5) is 40.1. The highest BCUT2D eigenvalue weighted by Crippen LogP contribution is 2.36. The number of benzene rings is 3. The minimum atomic E-state index is -0.656. The molecular formula is C29H23N3O6. The maximum absolute atomic E-state index is 12.2. The van der Waals surface area contributed by atoms with E-state index >= 15 is 0 Å². The molecule has 0 atom stereocenters. The number of carbonyl (C=O) groups excluding carboxylic acids is 1. The van der Waals surface area contributed by atoms with Crippen molar-refractivity contribution < 1.29 is 19.4 Å². The second-order valence-electron chi connectivity index (χ2n) is 8.51. The summed E-state index contributed by atoms with van der Waals surface area (Å²) in [5, 5.41) is 17.1. The molecule has 0 saturated heterocycles. The number of ether oxygens (including phenoxy) is 2. The van der Waals surface area contributed by atoms with Gasteiger partial charge in [-0.15, -0.1) is 0 Å². The van der Waals surface area contributed by atoms with Crippen LogP contribution in [-0.4, -0.2) is 30.0 Å². The lowest BCUT2D eigenvalue weighted by molar-refractivity contribution is 0.112. The molecule has 0 aliphatic rings. The largest absolute Gasteiger partial charge is 0.506 e. The summed E-state index contributed by atoms with van der Waals surface area (Å²) in [7, 11) is 1.47. The van der Waals surface area contributed by atoms with Crippen molar-refractivity contribution in [1.82, 2.24) is 4.98 Å². The van der Waals surface area contributed by atoms with Gasteiger partial charge < -0.3 is 25.2 Å². The SMILES string of the molecule is COc1cc2nccc(Oc3ccc(Nc4c(NCCc5ccccc5)c(=O)c4=O)c(O)c3)c2cc1C=O. The van der Waals surface area contributed by atoms with E-state index in [0.717, 1.165) is 5.56 Å². The van der Waals surface area contributed by atoms with Gasteiger partial charge in [0.1, 0.15) is 34.4 Å². The van der Waals surface area contributed by atoms with Gasteiger partial charge in [-0.1, -0.05) is 30.3 Å². The standard InChI is InChI=1S/C29H23N3O6/c1-37-25-15-22-20(13-18(25)16-33)24(10-12-30-22)38-19-7-8-21(23(34)14-19)32-27-26(28(35)29(27)36)31-11-9-17-5-3-2-4-6-17/h2-8,10,12-16,31-32,34H,9,11H2,1H3. The number of aldehydes is 1. The molecule has 0 spiro atoms. The third-order valence-corrected chi connectivity index (χ3v) is 6.11. The van der Waals surface area contributed by atoms with Gasteiger partial charge in [-0.3, -0.25) is 19.4 Å². The minimum Gasteiger partial charge on any atom is -0.506 e. The van der Waals surface area contributed by atoms with Crippen molar-refractivity contribution in [1.29, 1.82) is 0 Å². The summed E-state index contributed by atoms with van der Waals surface area (Å²) in [6, 6.07) is 19.2. The zero-order chi connectivity index (χ0) is 26.6. The van der Waals surface area contributed by atoms with Gasteiger partial charge in [0.15, 0.2) is 6.29 Å². The van der Waals surface area contributed by atoms with Crippen molar-refractivity contribution in [2.24, 2.45) is 0 Å². The van der Waals surface area contributed by atoms with E-state index < -0.39 is 10.9 Å². The molecule has 5 rings (SSSR count). The van der Waals surface area contributed by atoms with Gasteiger partial charge in [0.2, 0.25) is 0 Å². The normalized spacial score (nSPS) is 10.9. The number of aromatic hydroxyl groups is 1. The van der Waals surface area contributed by atoms with E-state index in [1.165, 1.54) is 13.2 Å². The molecule has 0 unspecified atom stereocenters. The van der Waals surface area contributed by atoms with Crippen LogP contribution in [0.15, 0.2) is 82.5 Å². The van der Waals surface area contributed by atoms with Gasteiger partial charge in [-0.2, -0.15) is 0 Å². The molecule has 38 heavy (non-hydrogen) atoms. The van der Waals surface area contributed by atoms with Crippen LogP contribution in [0.25, 0.3) is 10.9 Å². The first-order valence-corrected chi connectivity index (χ1v) is 11.8. The number of phenolic OH excluding ortho intramolecular Hbond substituents is 1. The number of anilines is 3. The van der Waals surface area contributed by atoms with Crippen LogP contribution in [0.1, 0.15) is 15.9 Å². The molecule has 4 aromatic carbocycles. The number of hydrogen-bond acceptors (Lipinski definition) is 9.